The second-order valence-corrected chi connectivity index (χ2v) is 3.50. The van der Waals surface area contributed by atoms with E-state index in [1.54, 1.807) is 6.92 Å². The van der Waals surface area contributed by atoms with Crippen molar-refractivity contribution in [3.63, 3.8) is 0 Å². The fourth-order valence-corrected chi connectivity index (χ4v) is 1.44. The third-order valence-corrected chi connectivity index (χ3v) is 2.23. The zero-order valence-corrected chi connectivity index (χ0v) is 8.95. The molecule has 0 bridgehead atoms. The van der Waals surface area contributed by atoms with Gasteiger partial charge in [-0.2, -0.15) is 0 Å². The highest BCUT2D eigenvalue weighted by molar-refractivity contribution is 6.19. The summed E-state index contributed by atoms with van der Waals surface area (Å²) >= 11 is 5.44. The molecular formula is C10H10ClNO3. The summed E-state index contributed by atoms with van der Waals surface area (Å²) in [5.41, 5.74) is 0.983. The minimum atomic E-state index is -0.467. The number of alkyl halides is 1. The maximum atomic E-state index is 11.4. The standard InChI is InChI=1S/C10H10ClNO3/c1-7-6-8(10(13)4-5-11)2-3-9(7)12(14)15/h2-3,6H,4-5H2,1H3. The highest BCUT2D eigenvalue weighted by Crippen LogP contribution is 2.19. The molecule has 0 N–H and O–H groups in total. The second-order valence-electron chi connectivity index (χ2n) is 3.12. The summed E-state index contributed by atoms with van der Waals surface area (Å²) in [5.74, 6) is 0.164. The summed E-state index contributed by atoms with van der Waals surface area (Å²) in [7, 11) is 0. The number of rotatable bonds is 4. The molecule has 0 aliphatic carbocycles. The Morgan fingerprint density at radius 2 is 2.20 bits per heavy atom. The maximum absolute atomic E-state index is 11.4. The smallest absolute Gasteiger partial charge is 0.272 e. The van der Waals surface area contributed by atoms with Gasteiger partial charge in [0.2, 0.25) is 0 Å². The van der Waals surface area contributed by atoms with E-state index < -0.39 is 4.92 Å². The van der Waals surface area contributed by atoms with Crippen molar-refractivity contribution in [3.05, 3.63) is 39.4 Å². The van der Waals surface area contributed by atoms with Crippen molar-refractivity contribution < 1.29 is 9.72 Å². The van der Waals surface area contributed by atoms with Gasteiger partial charge < -0.3 is 0 Å². The minimum absolute atomic E-state index is 0.0254. The molecule has 5 heteroatoms. The number of nitro groups is 1. The number of carbonyl (C=O) groups excluding carboxylic acids is 1. The quantitative estimate of drug-likeness (QED) is 0.344. The van der Waals surface area contributed by atoms with Crippen LogP contribution in [-0.2, 0) is 0 Å². The van der Waals surface area contributed by atoms with E-state index in [2.05, 4.69) is 0 Å². The molecule has 1 aromatic carbocycles. The Balaban J connectivity index is 3.01. The molecule has 1 rings (SSSR count). The number of ketones is 1. The highest BCUT2D eigenvalue weighted by Gasteiger charge is 2.13. The molecule has 0 aliphatic heterocycles. The number of hydrogen-bond acceptors (Lipinski definition) is 3. The van der Waals surface area contributed by atoms with Crippen LogP contribution in [0.2, 0.25) is 0 Å². The summed E-state index contributed by atoms with van der Waals surface area (Å²) in [6.45, 7) is 1.61. The van der Waals surface area contributed by atoms with Gasteiger partial charge in [0.05, 0.1) is 4.92 Å². The first-order valence-corrected chi connectivity index (χ1v) is 4.94. The minimum Gasteiger partial charge on any atom is -0.294 e. The summed E-state index contributed by atoms with van der Waals surface area (Å²) in [6, 6.07) is 4.32. The normalized spacial score (nSPS) is 10.0. The van der Waals surface area contributed by atoms with Gasteiger partial charge in [0.1, 0.15) is 0 Å². The Morgan fingerprint density at radius 1 is 1.53 bits per heavy atom. The van der Waals surface area contributed by atoms with E-state index in [0.29, 0.717) is 11.1 Å². The Kier molecular flexibility index (Phi) is 3.80. The molecular weight excluding hydrogens is 218 g/mol. The molecule has 0 aromatic heterocycles. The number of aryl methyl sites for hydroxylation is 1. The van der Waals surface area contributed by atoms with Crippen LogP contribution < -0.4 is 0 Å². The van der Waals surface area contributed by atoms with Crippen LogP contribution in [0.4, 0.5) is 5.69 Å². The summed E-state index contributed by atoms with van der Waals surface area (Å²) < 4.78 is 0. The van der Waals surface area contributed by atoms with Crippen LogP contribution in [0.25, 0.3) is 0 Å². The van der Waals surface area contributed by atoms with Crippen LogP contribution in [0.5, 0.6) is 0 Å². The lowest BCUT2D eigenvalue weighted by atomic mass is 10.1. The van der Waals surface area contributed by atoms with Crippen molar-refractivity contribution in [1.82, 2.24) is 0 Å². The monoisotopic (exact) mass is 227 g/mol. The van der Waals surface area contributed by atoms with E-state index in [0.717, 1.165) is 0 Å². The van der Waals surface area contributed by atoms with E-state index in [9.17, 15) is 14.9 Å². The van der Waals surface area contributed by atoms with Gasteiger partial charge in [-0.1, -0.05) is 0 Å². The first kappa shape index (κ1) is 11.7. The fraction of sp³-hybridized carbons (Fsp3) is 0.300. The summed E-state index contributed by atoms with van der Waals surface area (Å²) in [4.78, 5) is 21.5. The molecule has 0 radical (unpaired) electrons. The summed E-state index contributed by atoms with van der Waals surface area (Å²) in [5, 5.41) is 10.5. The third kappa shape index (κ3) is 2.76. The van der Waals surface area contributed by atoms with Crippen molar-refractivity contribution >= 4 is 23.1 Å². The molecule has 0 saturated heterocycles. The van der Waals surface area contributed by atoms with Crippen LogP contribution >= 0.6 is 11.6 Å². The van der Waals surface area contributed by atoms with E-state index in [4.69, 9.17) is 11.6 Å². The Morgan fingerprint density at radius 3 is 2.67 bits per heavy atom. The molecule has 0 heterocycles. The van der Waals surface area contributed by atoms with Gasteiger partial charge in [0.15, 0.2) is 5.78 Å². The zero-order chi connectivity index (χ0) is 11.4. The van der Waals surface area contributed by atoms with Gasteiger partial charge in [-0.3, -0.25) is 14.9 Å². The third-order valence-electron chi connectivity index (χ3n) is 2.04. The lowest BCUT2D eigenvalue weighted by Crippen LogP contribution is -2.01. The fourth-order valence-electron chi connectivity index (χ4n) is 1.26. The Labute approximate surface area is 92.0 Å². The zero-order valence-electron chi connectivity index (χ0n) is 8.20. The van der Waals surface area contributed by atoms with Crippen molar-refractivity contribution in [2.45, 2.75) is 13.3 Å². The molecule has 0 unspecified atom stereocenters. The molecule has 0 spiro atoms. The van der Waals surface area contributed by atoms with Crippen LogP contribution in [0.15, 0.2) is 18.2 Å². The van der Waals surface area contributed by atoms with Crippen molar-refractivity contribution in [1.29, 1.82) is 0 Å². The van der Waals surface area contributed by atoms with Gasteiger partial charge in [0, 0.05) is 29.5 Å². The molecule has 0 atom stereocenters. The SMILES string of the molecule is Cc1cc(C(=O)CCCl)ccc1[N+](=O)[O-]. The van der Waals surface area contributed by atoms with Crippen LogP contribution in [0.1, 0.15) is 22.3 Å². The van der Waals surface area contributed by atoms with E-state index in [1.807, 2.05) is 0 Å². The Bertz CT molecular complexity index is 404. The summed E-state index contributed by atoms with van der Waals surface area (Å²) in [6.07, 6.45) is 0.249. The number of benzene rings is 1. The molecule has 1 aromatic rings. The van der Waals surface area contributed by atoms with Crippen LogP contribution in [0.3, 0.4) is 0 Å². The van der Waals surface area contributed by atoms with Gasteiger partial charge in [-0.25, -0.2) is 0 Å². The molecule has 0 aliphatic rings. The van der Waals surface area contributed by atoms with Gasteiger partial charge in [0.25, 0.3) is 5.69 Å². The van der Waals surface area contributed by atoms with E-state index >= 15 is 0 Å². The van der Waals surface area contributed by atoms with Crippen LogP contribution in [-0.4, -0.2) is 16.6 Å². The molecule has 0 amide bonds. The molecule has 80 valence electrons. The maximum Gasteiger partial charge on any atom is 0.272 e. The molecule has 15 heavy (non-hydrogen) atoms. The van der Waals surface area contributed by atoms with Crippen LogP contribution in [0, 0.1) is 17.0 Å². The predicted molar refractivity (Wildman–Crippen MR) is 57.5 cm³/mol. The number of carbonyl (C=O) groups is 1. The van der Waals surface area contributed by atoms with Crippen molar-refractivity contribution in [3.8, 4) is 0 Å². The average molecular weight is 228 g/mol. The van der Waals surface area contributed by atoms with Crippen molar-refractivity contribution in [2.75, 3.05) is 5.88 Å². The molecule has 0 saturated carbocycles. The second kappa shape index (κ2) is 4.89. The first-order chi connectivity index (χ1) is 7.06. The lowest BCUT2D eigenvalue weighted by molar-refractivity contribution is -0.385. The highest BCUT2D eigenvalue weighted by atomic mass is 35.5. The predicted octanol–water partition coefficient (Wildman–Crippen LogP) is 2.71. The Hall–Kier alpha value is -1.42. The van der Waals surface area contributed by atoms with Gasteiger partial charge in [-0.15, -0.1) is 11.6 Å². The lowest BCUT2D eigenvalue weighted by Gasteiger charge is -2.01. The number of Topliss-reactive ketones (excluding diaryl/α,β-unsaturated/α-hetero) is 1. The van der Waals surface area contributed by atoms with Gasteiger partial charge >= 0.3 is 0 Å². The number of nitrogens with zero attached hydrogens (tertiary/aromatic N) is 1. The van der Waals surface area contributed by atoms with Gasteiger partial charge in [-0.05, 0) is 19.1 Å². The first-order valence-electron chi connectivity index (χ1n) is 4.40. The topological polar surface area (TPSA) is 60.2 Å². The molecule has 0 fully saturated rings. The largest absolute Gasteiger partial charge is 0.294 e. The average Bonchev–Trinajstić information content (AvgIpc) is 2.17. The number of halogens is 1. The number of nitro benzene ring substituents is 1. The van der Waals surface area contributed by atoms with E-state index in [-0.39, 0.29) is 23.8 Å². The van der Waals surface area contributed by atoms with E-state index in [1.165, 1.54) is 18.2 Å². The number of hydrogen-bond donors (Lipinski definition) is 0. The molecule has 4 nitrogen and oxygen atoms in total. The van der Waals surface area contributed by atoms with Crippen molar-refractivity contribution in [2.24, 2.45) is 0 Å².